The summed E-state index contributed by atoms with van der Waals surface area (Å²) in [5.74, 6) is 0.738. The molecular weight excluding hydrogens is 148 g/mol. The van der Waals surface area contributed by atoms with E-state index < -0.39 is 0 Å². The zero-order chi connectivity index (χ0) is 9.40. The van der Waals surface area contributed by atoms with Crippen LogP contribution in [0.2, 0.25) is 0 Å². The molecule has 2 heteroatoms. The molecule has 0 radical (unpaired) electrons. The van der Waals surface area contributed by atoms with E-state index in [0.717, 1.165) is 12.8 Å². The third-order valence-electron chi connectivity index (χ3n) is 2.25. The van der Waals surface area contributed by atoms with Crippen molar-refractivity contribution in [3.8, 4) is 0 Å². The molecule has 72 valence electrons. The SMILES string of the molecule is CCCCC(CCCC)C(=N)N. The average molecular weight is 170 g/mol. The number of amidine groups is 1. The Morgan fingerprint density at radius 1 is 1.17 bits per heavy atom. The summed E-state index contributed by atoms with van der Waals surface area (Å²) in [6.45, 7) is 4.36. The van der Waals surface area contributed by atoms with Crippen molar-refractivity contribution in [3.05, 3.63) is 0 Å². The number of hydrogen-bond acceptors (Lipinski definition) is 1. The first-order chi connectivity index (χ1) is 5.72. The van der Waals surface area contributed by atoms with Crippen LogP contribution in [0.1, 0.15) is 52.4 Å². The minimum Gasteiger partial charge on any atom is -0.387 e. The first kappa shape index (κ1) is 11.5. The van der Waals surface area contributed by atoms with Crippen LogP contribution in [-0.4, -0.2) is 5.84 Å². The van der Waals surface area contributed by atoms with Crippen LogP contribution in [0.15, 0.2) is 0 Å². The van der Waals surface area contributed by atoms with Gasteiger partial charge < -0.3 is 5.73 Å². The Labute approximate surface area is 76.0 Å². The molecule has 0 aromatic heterocycles. The Hall–Kier alpha value is -0.530. The Balaban J connectivity index is 3.62. The largest absolute Gasteiger partial charge is 0.387 e. The molecule has 0 aromatic rings. The van der Waals surface area contributed by atoms with Gasteiger partial charge in [-0.1, -0.05) is 39.5 Å². The molecule has 0 fully saturated rings. The molecule has 0 saturated heterocycles. The lowest BCUT2D eigenvalue weighted by molar-refractivity contribution is 0.517. The second-order valence-electron chi connectivity index (χ2n) is 3.44. The maximum Gasteiger partial charge on any atom is 0.0936 e. The van der Waals surface area contributed by atoms with Gasteiger partial charge in [0, 0.05) is 5.92 Å². The minimum atomic E-state index is 0.352. The van der Waals surface area contributed by atoms with Crippen molar-refractivity contribution < 1.29 is 0 Å². The van der Waals surface area contributed by atoms with E-state index >= 15 is 0 Å². The van der Waals surface area contributed by atoms with Gasteiger partial charge >= 0.3 is 0 Å². The summed E-state index contributed by atoms with van der Waals surface area (Å²) in [6, 6.07) is 0. The first-order valence-electron chi connectivity index (χ1n) is 5.06. The highest BCUT2D eigenvalue weighted by molar-refractivity contribution is 5.79. The van der Waals surface area contributed by atoms with Gasteiger partial charge in [-0.3, -0.25) is 5.41 Å². The number of unbranched alkanes of at least 4 members (excludes halogenated alkanes) is 2. The Bertz CT molecular complexity index is 113. The van der Waals surface area contributed by atoms with Crippen LogP contribution in [-0.2, 0) is 0 Å². The van der Waals surface area contributed by atoms with Gasteiger partial charge in [0.25, 0.3) is 0 Å². The molecule has 2 nitrogen and oxygen atoms in total. The average Bonchev–Trinajstić information content (AvgIpc) is 2.04. The van der Waals surface area contributed by atoms with Crippen molar-refractivity contribution in [1.29, 1.82) is 5.41 Å². The molecule has 0 atom stereocenters. The maximum absolute atomic E-state index is 7.39. The quantitative estimate of drug-likeness (QED) is 0.448. The highest BCUT2D eigenvalue weighted by atomic mass is 14.7. The summed E-state index contributed by atoms with van der Waals surface area (Å²) in [4.78, 5) is 0. The zero-order valence-electron chi connectivity index (χ0n) is 8.40. The molecule has 0 aliphatic rings. The summed E-state index contributed by atoms with van der Waals surface area (Å²) < 4.78 is 0. The normalized spacial score (nSPS) is 10.6. The van der Waals surface area contributed by atoms with Gasteiger partial charge in [-0.05, 0) is 12.8 Å². The standard InChI is InChI=1S/C10H22N2/c1-3-5-7-9(10(11)12)8-6-4-2/h9H,3-8H2,1-2H3,(H3,11,12). The van der Waals surface area contributed by atoms with Crippen LogP contribution < -0.4 is 5.73 Å². The summed E-state index contributed by atoms with van der Waals surface area (Å²) in [6.07, 6.45) is 7.02. The van der Waals surface area contributed by atoms with Crippen molar-refractivity contribution in [3.63, 3.8) is 0 Å². The van der Waals surface area contributed by atoms with Gasteiger partial charge in [-0.15, -0.1) is 0 Å². The molecule has 12 heavy (non-hydrogen) atoms. The fourth-order valence-electron chi connectivity index (χ4n) is 1.36. The molecule has 0 heterocycles. The smallest absolute Gasteiger partial charge is 0.0936 e. The van der Waals surface area contributed by atoms with Crippen molar-refractivity contribution in [2.75, 3.05) is 0 Å². The van der Waals surface area contributed by atoms with Crippen LogP contribution in [0.3, 0.4) is 0 Å². The summed E-state index contributed by atoms with van der Waals surface area (Å²) in [5.41, 5.74) is 5.50. The van der Waals surface area contributed by atoms with Gasteiger partial charge in [-0.25, -0.2) is 0 Å². The molecule has 0 spiro atoms. The predicted molar refractivity (Wildman–Crippen MR) is 54.5 cm³/mol. The lowest BCUT2D eigenvalue weighted by atomic mass is 9.95. The van der Waals surface area contributed by atoms with Crippen molar-refractivity contribution in [2.45, 2.75) is 52.4 Å². The molecule has 0 amide bonds. The van der Waals surface area contributed by atoms with Gasteiger partial charge in [0.05, 0.1) is 5.84 Å². The van der Waals surface area contributed by atoms with Crippen LogP contribution >= 0.6 is 0 Å². The number of nitrogens with one attached hydrogen (secondary N) is 1. The van der Waals surface area contributed by atoms with Crippen LogP contribution in [0.25, 0.3) is 0 Å². The second kappa shape index (κ2) is 7.14. The van der Waals surface area contributed by atoms with E-state index in [9.17, 15) is 0 Å². The van der Waals surface area contributed by atoms with Crippen molar-refractivity contribution in [2.24, 2.45) is 11.7 Å². The minimum absolute atomic E-state index is 0.352. The number of rotatable bonds is 7. The summed E-state index contributed by atoms with van der Waals surface area (Å²) >= 11 is 0. The van der Waals surface area contributed by atoms with Gasteiger partial charge in [0.1, 0.15) is 0 Å². The third-order valence-corrected chi connectivity index (χ3v) is 2.25. The Morgan fingerprint density at radius 3 is 1.83 bits per heavy atom. The van der Waals surface area contributed by atoms with E-state index in [1.807, 2.05) is 0 Å². The molecule has 0 aliphatic carbocycles. The Kier molecular flexibility index (Phi) is 6.82. The van der Waals surface area contributed by atoms with Crippen LogP contribution in [0.5, 0.6) is 0 Å². The number of nitrogens with two attached hydrogens (primary N) is 1. The van der Waals surface area contributed by atoms with E-state index in [0.29, 0.717) is 11.8 Å². The van der Waals surface area contributed by atoms with Gasteiger partial charge in [-0.2, -0.15) is 0 Å². The fraction of sp³-hybridized carbons (Fsp3) is 0.900. The molecule has 0 unspecified atom stereocenters. The van der Waals surface area contributed by atoms with E-state index in [1.165, 1.54) is 25.7 Å². The van der Waals surface area contributed by atoms with Crippen LogP contribution in [0, 0.1) is 11.3 Å². The lowest BCUT2D eigenvalue weighted by Crippen LogP contribution is -2.22. The molecule has 0 bridgehead atoms. The van der Waals surface area contributed by atoms with Crippen molar-refractivity contribution >= 4 is 5.84 Å². The van der Waals surface area contributed by atoms with E-state index in [-0.39, 0.29) is 0 Å². The number of hydrogen-bond donors (Lipinski definition) is 2. The second-order valence-corrected chi connectivity index (χ2v) is 3.44. The lowest BCUT2D eigenvalue weighted by Gasteiger charge is -2.13. The van der Waals surface area contributed by atoms with Crippen LogP contribution in [0.4, 0.5) is 0 Å². The highest BCUT2D eigenvalue weighted by Gasteiger charge is 2.09. The van der Waals surface area contributed by atoms with E-state index in [2.05, 4.69) is 13.8 Å². The predicted octanol–water partition coefficient (Wildman–Crippen LogP) is 2.92. The molecule has 3 N–H and O–H groups in total. The molecule has 0 saturated carbocycles. The van der Waals surface area contributed by atoms with Crippen molar-refractivity contribution in [1.82, 2.24) is 0 Å². The van der Waals surface area contributed by atoms with Gasteiger partial charge in [0.2, 0.25) is 0 Å². The topological polar surface area (TPSA) is 49.9 Å². The molecule has 0 aliphatic heterocycles. The monoisotopic (exact) mass is 170 g/mol. The Morgan fingerprint density at radius 2 is 1.58 bits per heavy atom. The fourth-order valence-corrected chi connectivity index (χ4v) is 1.36. The zero-order valence-corrected chi connectivity index (χ0v) is 8.40. The van der Waals surface area contributed by atoms with E-state index in [4.69, 9.17) is 11.1 Å². The first-order valence-corrected chi connectivity index (χ1v) is 5.06. The highest BCUT2D eigenvalue weighted by Crippen LogP contribution is 2.15. The summed E-state index contributed by atoms with van der Waals surface area (Å²) in [5, 5.41) is 7.39. The molecule has 0 aromatic carbocycles. The van der Waals surface area contributed by atoms with Gasteiger partial charge in [0.15, 0.2) is 0 Å². The third kappa shape index (κ3) is 5.16. The maximum atomic E-state index is 7.39. The summed E-state index contributed by atoms with van der Waals surface area (Å²) in [7, 11) is 0. The molecular formula is C10H22N2. The van der Waals surface area contributed by atoms with E-state index in [1.54, 1.807) is 0 Å². The molecule has 0 rings (SSSR count).